The van der Waals surface area contributed by atoms with Gasteiger partial charge in [0.1, 0.15) is 0 Å². The van der Waals surface area contributed by atoms with Crippen LogP contribution in [0.3, 0.4) is 0 Å². The molecule has 0 unspecified atom stereocenters. The molecule has 1 aromatic rings. The Hall–Kier alpha value is -1.64. The number of amides is 2. The van der Waals surface area contributed by atoms with Crippen LogP contribution in [-0.4, -0.2) is 66.0 Å². The van der Waals surface area contributed by atoms with E-state index in [2.05, 4.69) is 15.6 Å². The highest BCUT2D eigenvalue weighted by molar-refractivity contribution is 7.91. The SMILES string of the molecule is CCS(=O)(=O)CCN(C)C(=O)NCCCn1ccnn1. The van der Waals surface area contributed by atoms with Crippen LogP contribution < -0.4 is 5.32 Å². The topological polar surface area (TPSA) is 97.2 Å². The van der Waals surface area contributed by atoms with Gasteiger partial charge in [0.25, 0.3) is 0 Å². The zero-order valence-corrected chi connectivity index (χ0v) is 12.6. The van der Waals surface area contributed by atoms with Gasteiger partial charge in [-0.05, 0) is 6.42 Å². The van der Waals surface area contributed by atoms with Crippen molar-refractivity contribution in [2.24, 2.45) is 0 Å². The Balaban J connectivity index is 2.18. The van der Waals surface area contributed by atoms with Crippen LogP contribution in [0, 0.1) is 0 Å². The van der Waals surface area contributed by atoms with Gasteiger partial charge < -0.3 is 10.2 Å². The summed E-state index contributed by atoms with van der Waals surface area (Å²) in [4.78, 5) is 13.1. The third kappa shape index (κ3) is 6.00. The second-order valence-electron chi connectivity index (χ2n) is 4.41. The summed E-state index contributed by atoms with van der Waals surface area (Å²) in [5.74, 6) is 0.0900. The molecule has 0 aliphatic heterocycles. The number of aryl methyl sites for hydroxylation is 1. The first kappa shape index (κ1) is 16.4. The van der Waals surface area contributed by atoms with Gasteiger partial charge >= 0.3 is 6.03 Å². The largest absolute Gasteiger partial charge is 0.338 e. The van der Waals surface area contributed by atoms with Gasteiger partial charge in [0.15, 0.2) is 9.84 Å². The summed E-state index contributed by atoms with van der Waals surface area (Å²) >= 11 is 0. The maximum absolute atomic E-state index is 11.7. The highest BCUT2D eigenvalue weighted by atomic mass is 32.2. The fourth-order valence-corrected chi connectivity index (χ4v) is 2.29. The van der Waals surface area contributed by atoms with Crippen LogP contribution in [0.4, 0.5) is 4.79 Å². The lowest BCUT2D eigenvalue weighted by Crippen LogP contribution is -2.40. The summed E-state index contributed by atoms with van der Waals surface area (Å²) in [7, 11) is -1.46. The molecule has 1 N–H and O–H groups in total. The monoisotopic (exact) mass is 303 g/mol. The number of hydrogen-bond donors (Lipinski definition) is 1. The lowest BCUT2D eigenvalue weighted by Gasteiger charge is -2.17. The van der Waals surface area contributed by atoms with Crippen molar-refractivity contribution in [3.05, 3.63) is 12.4 Å². The maximum atomic E-state index is 11.7. The summed E-state index contributed by atoms with van der Waals surface area (Å²) in [6.45, 7) is 2.97. The van der Waals surface area contributed by atoms with Gasteiger partial charge in [-0.3, -0.25) is 4.68 Å². The number of carbonyl (C=O) groups excluding carboxylic acids is 1. The van der Waals surface area contributed by atoms with Crippen molar-refractivity contribution in [2.45, 2.75) is 19.9 Å². The molecule has 0 aliphatic rings. The fourth-order valence-electron chi connectivity index (χ4n) is 1.45. The molecule has 0 atom stereocenters. The molecule has 0 saturated heterocycles. The van der Waals surface area contributed by atoms with Crippen LogP contribution in [0.5, 0.6) is 0 Å². The Labute approximate surface area is 119 Å². The Bertz CT molecular complexity index is 500. The van der Waals surface area contributed by atoms with E-state index in [9.17, 15) is 13.2 Å². The summed E-state index contributed by atoms with van der Waals surface area (Å²) in [5, 5.41) is 10.2. The molecule has 0 radical (unpaired) electrons. The number of urea groups is 1. The lowest BCUT2D eigenvalue weighted by atomic mass is 10.4. The molecule has 0 aromatic carbocycles. The van der Waals surface area contributed by atoms with Crippen LogP contribution in [-0.2, 0) is 16.4 Å². The molecule has 0 aliphatic carbocycles. The molecule has 0 bridgehead atoms. The summed E-state index contributed by atoms with van der Waals surface area (Å²) in [5.41, 5.74) is 0. The molecule has 9 heteroatoms. The van der Waals surface area contributed by atoms with E-state index in [0.29, 0.717) is 13.1 Å². The Kier molecular flexibility index (Phi) is 6.43. The summed E-state index contributed by atoms with van der Waals surface area (Å²) in [6.07, 6.45) is 4.08. The molecule has 2 amide bonds. The summed E-state index contributed by atoms with van der Waals surface area (Å²) in [6, 6.07) is -0.269. The molecular weight excluding hydrogens is 282 g/mol. The molecule has 1 rings (SSSR count). The number of hydrogen-bond acceptors (Lipinski definition) is 5. The number of nitrogens with zero attached hydrogens (tertiary/aromatic N) is 4. The van der Waals surface area contributed by atoms with Gasteiger partial charge in [-0.15, -0.1) is 5.10 Å². The number of nitrogens with one attached hydrogen (secondary N) is 1. The molecule has 8 nitrogen and oxygen atoms in total. The maximum Gasteiger partial charge on any atom is 0.317 e. The first-order chi connectivity index (χ1) is 9.44. The highest BCUT2D eigenvalue weighted by Crippen LogP contribution is 1.93. The van der Waals surface area contributed by atoms with E-state index in [4.69, 9.17) is 0 Å². The zero-order chi connectivity index (χ0) is 15.0. The van der Waals surface area contributed by atoms with Gasteiger partial charge in [0.05, 0.1) is 11.9 Å². The molecule has 0 fully saturated rings. The van der Waals surface area contributed by atoms with E-state index >= 15 is 0 Å². The van der Waals surface area contributed by atoms with Gasteiger partial charge in [-0.25, -0.2) is 13.2 Å². The van der Waals surface area contributed by atoms with E-state index < -0.39 is 9.84 Å². The van der Waals surface area contributed by atoms with Crippen LogP contribution in [0.1, 0.15) is 13.3 Å². The van der Waals surface area contributed by atoms with Crippen LogP contribution in [0.25, 0.3) is 0 Å². The molecule has 1 aromatic heterocycles. The van der Waals surface area contributed by atoms with Gasteiger partial charge in [-0.1, -0.05) is 12.1 Å². The normalized spacial score (nSPS) is 11.3. The minimum atomic E-state index is -3.04. The molecular formula is C11H21N5O3S. The van der Waals surface area contributed by atoms with E-state index in [1.165, 1.54) is 4.90 Å². The van der Waals surface area contributed by atoms with E-state index in [0.717, 1.165) is 6.42 Å². The Morgan fingerprint density at radius 2 is 2.20 bits per heavy atom. The minimum Gasteiger partial charge on any atom is -0.338 e. The van der Waals surface area contributed by atoms with Crippen LogP contribution >= 0.6 is 0 Å². The number of rotatable bonds is 8. The van der Waals surface area contributed by atoms with Crippen molar-refractivity contribution in [3.63, 3.8) is 0 Å². The van der Waals surface area contributed by atoms with Crippen molar-refractivity contribution in [1.29, 1.82) is 0 Å². The van der Waals surface area contributed by atoms with Crippen molar-refractivity contribution in [3.8, 4) is 0 Å². The van der Waals surface area contributed by atoms with Gasteiger partial charge in [0, 0.05) is 38.6 Å². The molecule has 114 valence electrons. The standard InChI is InChI=1S/C11H21N5O3S/c1-3-20(18,19)10-9-15(2)11(17)12-5-4-7-16-8-6-13-14-16/h6,8H,3-5,7,9-10H2,1-2H3,(H,12,17). The van der Waals surface area contributed by atoms with Crippen molar-refractivity contribution in [2.75, 3.05) is 31.6 Å². The van der Waals surface area contributed by atoms with Gasteiger partial charge in [-0.2, -0.15) is 0 Å². The fraction of sp³-hybridized carbons (Fsp3) is 0.727. The molecule has 0 spiro atoms. The third-order valence-electron chi connectivity index (χ3n) is 2.84. The Morgan fingerprint density at radius 3 is 2.80 bits per heavy atom. The number of carbonyl (C=O) groups is 1. The summed E-state index contributed by atoms with van der Waals surface area (Å²) < 4.78 is 24.4. The van der Waals surface area contributed by atoms with Crippen LogP contribution in [0.15, 0.2) is 12.4 Å². The van der Waals surface area contributed by atoms with Crippen molar-refractivity contribution < 1.29 is 13.2 Å². The average Bonchev–Trinajstić information content (AvgIpc) is 2.94. The smallest absolute Gasteiger partial charge is 0.317 e. The van der Waals surface area contributed by atoms with Gasteiger partial charge in [0.2, 0.25) is 0 Å². The highest BCUT2D eigenvalue weighted by Gasteiger charge is 2.12. The van der Waals surface area contributed by atoms with Crippen molar-refractivity contribution >= 4 is 15.9 Å². The minimum absolute atomic E-state index is 0.00756. The predicted molar refractivity (Wildman–Crippen MR) is 75.0 cm³/mol. The van der Waals surface area contributed by atoms with E-state index in [1.54, 1.807) is 31.0 Å². The van der Waals surface area contributed by atoms with Crippen molar-refractivity contribution in [1.82, 2.24) is 25.2 Å². The number of aromatic nitrogens is 3. The quantitative estimate of drug-likeness (QED) is 0.668. The third-order valence-corrected chi connectivity index (χ3v) is 4.52. The molecule has 1 heterocycles. The van der Waals surface area contributed by atoms with E-state index in [-0.39, 0.29) is 24.1 Å². The second-order valence-corrected chi connectivity index (χ2v) is 6.88. The second kappa shape index (κ2) is 7.83. The number of sulfone groups is 1. The zero-order valence-electron chi connectivity index (χ0n) is 11.8. The predicted octanol–water partition coefficient (Wildman–Crippen LogP) is -0.256. The average molecular weight is 303 g/mol. The molecule has 0 saturated carbocycles. The van der Waals surface area contributed by atoms with E-state index in [1.807, 2.05) is 0 Å². The lowest BCUT2D eigenvalue weighted by molar-refractivity contribution is 0.211. The first-order valence-corrected chi connectivity index (χ1v) is 8.30. The Morgan fingerprint density at radius 1 is 1.45 bits per heavy atom. The first-order valence-electron chi connectivity index (χ1n) is 6.48. The van der Waals surface area contributed by atoms with Crippen LogP contribution in [0.2, 0.25) is 0 Å². The molecule has 20 heavy (non-hydrogen) atoms.